The van der Waals surface area contributed by atoms with Crippen molar-refractivity contribution in [2.75, 3.05) is 6.26 Å². The third-order valence-corrected chi connectivity index (χ3v) is 2.15. The lowest BCUT2D eigenvalue weighted by atomic mass is 10.4. The van der Waals surface area contributed by atoms with Gasteiger partial charge in [-0.3, -0.25) is 4.79 Å². The Morgan fingerprint density at radius 1 is 1.55 bits per heavy atom. The van der Waals surface area contributed by atoms with Crippen molar-refractivity contribution in [3.05, 3.63) is 0 Å². The molecule has 1 N–H and O–H groups in total. The van der Waals surface area contributed by atoms with E-state index in [1.54, 1.807) is 6.26 Å². The molecule has 0 saturated heterocycles. The van der Waals surface area contributed by atoms with Gasteiger partial charge in [-0.25, -0.2) is 4.79 Å². The van der Waals surface area contributed by atoms with Crippen molar-refractivity contribution in [2.24, 2.45) is 0 Å². The highest BCUT2D eigenvalue weighted by Gasteiger charge is 2.35. The second-order valence-electron chi connectivity index (χ2n) is 2.05. The van der Waals surface area contributed by atoms with Crippen molar-refractivity contribution in [2.45, 2.75) is 18.8 Å². The van der Waals surface area contributed by atoms with Gasteiger partial charge in [0.1, 0.15) is 0 Å². The maximum atomic E-state index is 10.5. The summed E-state index contributed by atoms with van der Waals surface area (Å²) in [5, 5.41) is 8.58. The fourth-order valence-electron chi connectivity index (χ4n) is 0.447. The SMILES string of the molecule is CSC(C)(OC(C)=O)C(=O)O. The first-order chi connectivity index (χ1) is 4.92. The Bertz CT molecular complexity index is 179. The average Bonchev–Trinajstić information content (AvgIpc) is 1.86. The molecule has 0 aromatic rings. The molecule has 0 rings (SSSR count). The van der Waals surface area contributed by atoms with E-state index in [1.807, 2.05) is 0 Å². The van der Waals surface area contributed by atoms with Crippen molar-refractivity contribution in [3.8, 4) is 0 Å². The van der Waals surface area contributed by atoms with Crippen molar-refractivity contribution < 1.29 is 19.4 Å². The number of carboxylic acids is 1. The molecule has 64 valence electrons. The molecule has 0 amide bonds. The third-order valence-electron chi connectivity index (χ3n) is 1.12. The van der Waals surface area contributed by atoms with Gasteiger partial charge in [-0.05, 0) is 13.2 Å². The van der Waals surface area contributed by atoms with E-state index in [9.17, 15) is 9.59 Å². The van der Waals surface area contributed by atoms with Crippen LogP contribution in [0.2, 0.25) is 0 Å². The van der Waals surface area contributed by atoms with Gasteiger partial charge < -0.3 is 9.84 Å². The summed E-state index contributed by atoms with van der Waals surface area (Å²) in [7, 11) is 0. The van der Waals surface area contributed by atoms with Gasteiger partial charge in [0.05, 0.1) is 0 Å². The van der Waals surface area contributed by atoms with Gasteiger partial charge in [-0.1, -0.05) is 0 Å². The Morgan fingerprint density at radius 3 is 2.09 bits per heavy atom. The minimum atomic E-state index is -1.45. The number of thioether (sulfide) groups is 1. The highest BCUT2D eigenvalue weighted by atomic mass is 32.2. The second kappa shape index (κ2) is 3.61. The first-order valence-corrected chi connectivity index (χ1v) is 4.13. The summed E-state index contributed by atoms with van der Waals surface area (Å²) in [5.41, 5.74) is 0. The standard InChI is InChI=1S/C6H10O4S/c1-4(7)10-6(2,11-3)5(8)9/h1-3H3,(H,8,9). The molecule has 5 heteroatoms. The van der Waals surface area contributed by atoms with Crippen LogP contribution >= 0.6 is 11.8 Å². The van der Waals surface area contributed by atoms with E-state index >= 15 is 0 Å². The molecule has 0 radical (unpaired) electrons. The fourth-order valence-corrected chi connectivity index (χ4v) is 0.822. The molecular formula is C6H10O4S. The lowest BCUT2D eigenvalue weighted by Crippen LogP contribution is -2.35. The van der Waals surface area contributed by atoms with Crippen LogP contribution < -0.4 is 0 Å². The molecule has 1 unspecified atom stereocenters. The predicted molar refractivity (Wildman–Crippen MR) is 41.3 cm³/mol. The zero-order valence-electron chi connectivity index (χ0n) is 6.58. The summed E-state index contributed by atoms with van der Waals surface area (Å²) in [6, 6.07) is 0. The van der Waals surface area contributed by atoms with Crippen LogP contribution in [0, 0.1) is 0 Å². The summed E-state index contributed by atoms with van der Waals surface area (Å²) in [4.78, 5) is 19.5. The predicted octanol–water partition coefficient (Wildman–Crippen LogP) is 0.713. The number of carbonyl (C=O) groups excluding carboxylic acids is 1. The van der Waals surface area contributed by atoms with E-state index < -0.39 is 16.9 Å². The number of aliphatic carboxylic acids is 1. The van der Waals surface area contributed by atoms with Crippen LogP contribution in [-0.2, 0) is 14.3 Å². The Balaban J connectivity index is 4.34. The Hall–Kier alpha value is -0.710. The van der Waals surface area contributed by atoms with Crippen molar-refractivity contribution in [3.63, 3.8) is 0 Å². The quantitative estimate of drug-likeness (QED) is 0.509. The molecule has 0 fully saturated rings. The fraction of sp³-hybridized carbons (Fsp3) is 0.667. The lowest BCUT2D eigenvalue weighted by Gasteiger charge is -2.21. The van der Waals surface area contributed by atoms with Crippen LogP contribution in [-0.4, -0.2) is 28.2 Å². The normalized spacial score (nSPS) is 15.2. The Morgan fingerprint density at radius 2 is 2.00 bits per heavy atom. The van der Waals surface area contributed by atoms with E-state index in [0.29, 0.717) is 0 Å². The number of rotatable bonds is 3. The van der Waals surface area contributed by atoms with Gasteiger partial charge in [0, 0.05) is 6.92 Å². The highest BCUT2D eigenvalue weighted by molar-refractivity contribution is 8.00. The molecule has 0 aromatic heterocycles. The van der Waals surface area contributed by atoms with Crippen LogP contribution in [0.15, 0.2) is 0 Å². The van der Waals surface area contributed by atoms with Crippen molar-refractivity contribution in [1.82, 2.24) is 0 Å². The molecule has 0 saturated carbocycles. The summed E-state index contributed by atoms with van der Waals surface area (Å²) in [5.74, 6) is -1.75. The zero-order valence-corrected chi connectivity index (χ0v) is 7.40. The minimum absolute atomic E-state index is 0.593. The molecule has 1 atom stereocenters. The van der Waals surface area contributed by atoms with Gasteiger partial charge in [0.2, 0.25) is 0 Å². The number of carboxylic acid groups (broad SMARTS) is 1. The minimum Gasteiger partial charge on any atom is -0.478 e. The number of hydrogen-bond acceptors (Lipinski definition) is 4. The molecule has 0 aliphatic rings. The van der Waals surface area contributed by atoms with Gasteiger partial charge in [-0.15, -0.1) is 11.8 Å². The van der Waals surface area contributed by atoms with Crippen LogP contribution in [0.3, 0.4) is 0 Å². The largest absolute Gasteiger partial charge is 0.478 e. The van der Waals surface area contributed by atoms with Gasteiger partial charge in [-0.2, -0.15) is 0 Å². The van der Waals surface area contributed by atoms with Crippen LogP contribution in [0.25, 0.3) is 0 Å². The monoisotopic (exact) mass is 178 g/mol. The molecule has 0 aromatic carbocycles. The summed E-state index contributed by atoms with van der Waals surface area (Å²) >= 11 is 0.966. The van der Waals surface area contributed by atoms with E-state index in [-0.39, 0.29) is 0 Å². The topological polar surface area (TPSA) is 63.6 Å². The molecule has 11 heavy (non-hydrogen) atoms. The highest BCUT2D eigenvalue weighted by Crippen LogP contribution is 2.23. The van der Waals surface area contributed by atoms with Crippen LogP contribution in [0.1, 0.15) is 13.8 Å². The van der Waals surface area contributed by atoms with Gasteiger partial charge in [0.25, 0.3) is 4.93 Å². The molecule has 0 bridgehead atoms. The number of hydrogen-bond donors (Lipinski definition) is 1. The van der Waals surface area contributed by atoms with Crippen molar-refractivity contribution in [1.29, 1.82) is 0 Å². The first kappa shape index (κ1) is 10.3. The van der Waals surface area contributed by atoms with Gasteiger partial charge >= 0.3 is 11.9 Å². The smallest absolute Gasteiger partial charge is 0.358 e. The summed E-state index contributed by atoms with van der Waals surface area (Å²) < 4.78 is 4.57. The first-order valence-electron chi connectivity index (χ1n) is 2.90. The average molecular weight is 178 g/mol. The van der Waals surface area contributed by atoms with Crippen molar-refractivity contribution >= 4 is 23.7 Å². The summed E-state index contributed by atoms with van der Waals surface area (Å²) in [6.07, 6.45) is 1.57. The number of carbonyl (C=O) groups is 2. The summed E-state index contributed by atoms with van der Waals surface area (Å²) in [6.45, 7) is 2.51. The molecular weight excluding hydrogens is 168 g/mol. The molecule has 0 aliphatic carbocycles. The van der Waals surface area contributed by atoms with E-state index in [0.717, 1.165) is 11.8 Å². The molecule has 0 spiro atoms. The van der Waals surface area contributed by atoms with E-state index in [1.165, 1.54) is 13.8 Å². The van der Waals surface area contributed by atoms with E-state index in [2.05, 4.69) is 4.74 Å². The third kappa shape index (κ3) is 2.80. The maximum absolute atomic E-state index is 10.5. The number of esters is 1. The molecule has 0 aliphatic heterocycles. The lowest BCUT2D eigenvalue weighted by molar-refractivity contribution is -0.164. The van der Waals surface area contributed by atoms with Crippen LogP contribution in [0.5, 0.6) is 0 Å². The van der Waals surface area contributed by atoms with Crippen LogP contribution in [0.4, 0.5) is 0 Å². The number of ether oxygens (including phenoxy) is 1. The Labute approximate surface area is 68.9 Å². The molecule has 0 heterocycles. The second-order valence-corrected chi connectivity index (χ2v) is 3.24. The van der Waals surface area contributed by atoms with Gasteiger partial charge in [0.15, 0.2) is 0 Å². The Kier molecular flexibility index (Phi) is 3.38. The molecule has 4 nitrogen and oxygen atoms in total. The van der Waals surface area contributed by atoms with E-state index in [4.69, 9.17) is 5.11 Å². The zero-order chi connectivity index (χ0) is 9.07. The maximum Gasteiger partial charge on any atom is 0.358 e.